The monoisotopic (exact) mass is 338 g/mol. The van der Waals surface area contributed by atoms with Crippen molar-refractivity contribution in [1.82, 2.24) is 19.5 Å². The lowest BCUT2D eigenvalue weighted by Crippen LogP contribution is -2.07. The third-order valence-electron chi connectivity index (χ3n) is 4.68. The van der Waals surface area contributed by atoms with Crippen LogP contribution in [0.25, 0.3) is 22.1 Å². The van der Waals surface area contributed by atoms with Gasteiger partial charge in [-0.1, -0.05) is 54.6 Å². The number of fused-ring (bicyclic) bond motifs is 2. The molecule has 0 saturated carbocycles. The lowest BCUT2D eigenvalue weighted by molar-refractivity contribution is 0.732. The number of H-pyrrole nitrogens is 1. The molecular weight excluding hydrogens is 320 g/mol. The molecule has 0 aliphatic rings. The maximum Gasteiger partial charge on any atom is 0.127 e. The summed E-state index contributed by atoms with van der Waals surface area (Å²) in [5.74, 6) is 2.00. The summed E-state index contributed by atoms with van der Waals surface area (Å²) in [4.78, 5) is 13.0. The summed E-state index contributed by atoms with van der Waals surface area (Å²) in [6.45, 7) is 0.678. The van der Waals surface area contributed by atoms with Crippen molar-refractivity contribution in [2.45, 2.75) is 13.0 Å². The van der Waals surface area contributed by atoms with Gasteiger partial charge in [-0.05, 0) is 29.8 Å². The van der Waals surface area contributed by atoms with Gasteiger partial charge in [-0.3, -0.25) is 0 Å². The van der Waals surface area contributed by atoms with Crippen molar-refractivity contribution in [3.63, 3.8) is 0 Å². The van der Waals surface area contributed by atoms with Gasteiger partial charge in [0.25, 0.3) is 0 Å². The van der Waals surface area contributed by atoms with Crippen molar-refractivity contribution in [1.29, 1.82) is 0 Å². The van der Waals surface area contributed by atoms with Gasteiger partial charge in [0.05, 0.1) is 28.6 Å². The van der Waals surface area contributed by atoms with Gasteiger partial charge in [-0.15, -0.1) is 0 Å². The van der Waals surface area contributed by atoms with Gasteiger partial charge in [0.15, 0.2) is 0 Å². The number of imidazole rings is 2. The summed E-state index contributed by atoms with van der Waals surface area (Å²) in [7, 11) is 0. The van der Waals surface area contributed by atoms with Crippen LogP contribution in [-0.4, -0.2) is 19.5 Å². The van der Waals surface area contributed by atoms with Gasteiger partial charge >= 0.3 is 0 Å². The van der Waals surface area contributed by atoms with Crippen molar-refractivity contribution in [2.75, 3.05) is 0 Å². The Balaban J connectivity index is 1.59. The number of aromatic nitrogens is 4. The number of aromatic amines is 1. The summed E-state index contributed by atoms with van der Waals surface area (Å²) in [6.07, 6.45) is 0.801. The number of nitrogens with zero attached hydrogens (tertiary/aromatic N) is 3. The Morgan fingerprint density at radius 3 is 2.31 bits per heavy atom. The minimum Gasteiger partial charge on any atom is -0.340 e. The van der Waals surface area contributed by atoms with Gasteiger partial charge < -0.3 is 9.55 Å². The smallest absolute Gasteiger partial charge is 0.127 e. The van der Waals surface area contributed by atoms with Crippen molar-refractivity contribution in [3.05, 3.63) is 96.1 Å². The Morgan fingerprint density at radius 1 is 0.731 bits per heavy atom. The molecule has 5 rings (SSSR count). The molecule has 0 amide bonds. The Kier molecular flexibility index (Phi) is 3.53. The first kappa shape index (κ1) is 14.9. The van der Waals surface area contributed by atoms with Gasteiger partial charge in [0.2, 0.25) is 0 Å². The number of rotatable bonds is 4. The maximum absolute atomic E-state index is 4.88. The molecule has 1 N–H and O–H groups in total. The predicted octanol–water partition coefficient (Wildman–Crippen LogP) is 4.55. The van der Waals surface area contributed by atoms with E-state index >= 15 is 0 Å². The molecule has 0 unspecified atom stereocenters. The second kappa shape index (κ2) is 6.15. The largest absolute Gasteiger partial charge is 0.340 e. The van der Waals surface area contributed by atoms with Gasteiger partial charge in [-0.2, -0.15) is 0 Å². The standard InChI is InChI=1S/C22H18N4/c1-2-8-16(9-3-1)14-22-25-19-12-6-7-13-20(19)26(22)15-21-23-17-10-4-5-11-18(17)24-21/h1-13H,14-15H2,(H,23,24). The molecule has 4 nitrogen and oxygen atoms in total. The van der Waals surface area contributed by atoms with Crippen LogP contribution in [0.3, 0.4) is 0 Å². The molecule has 126 valence electrons. The van der Waals surface area contributed by atoms with Crippen molar-refractivity contribution in [2.24, 2.45) is 0 Å². The highest BCUT2D eigenvalue weighted by Crippen LogP contribution is 2.20. The van der Waals surface area contributed by atoms with E-state index in [-0.39, 0.29) is 0 Å². The van der Waals surface area contributed by atoms with Gasteiger partial charge in [0.1, 0.15) is 11.6 Å². The zero-order chi connectivity index (χ0) is 17.3. The van der Waals surface area contributed by atoms with Crippen LogP contribution in [0.5, 0.6) is 0 Å². The van der Waals surface area contributed by atoms with E-state index in [0.717, 1.165) is 40.1 Å². The minimum absolute atomic E-state index is 0.678. The van der Waals surface area contributed by atoms with Crippen LogP contribution >= 0.6 is 0 Å². The second-order valence-electron chi connectivity index (χ2n) is 6.47. The summed E-state index contributed by atoms with van der Waals surface area (Å²) >= 11 is 0. The van der Waals surface area contributed by atoms with Crippen LogP contribution in [0, 0.1) is 0 Å². The Bertz CT molecular complexity index is 1150. The summed E-state index contributed by atoms with van der Waals surface area (Å²) < 4.78 is 2.26. The van der Waals surface area contributed by atoms with Crippen molar-refractivity contribution >= 4 is 22.1 Å². The summed E-state index contributed by atoms with van der Waals surface area (Å²) in [6, 6.07) is 26.9. The van der Waals surface area contributed by atoms with E-state index in [1.54, 1.807) is 0 Å². The molecule has 5 aromatic rings. The van der Waals surface area contributed by atoms with E-state index in [1.165, 1.54) is 5.56 Å². The molecule has 0 bridgehead atoms. The van der Waals surface area contributed by atoms with E-state index < -0.39 is 0 Å². The fourth-order valence-electron chi connectivity index (χ4n) is 3.45. The van der Waals surface area contributed by atoms with Crippen LogP contribution in [0.2, 0.25) is 0 Å². The quantitative estimate of drug-likeness (QED) is 0.522. The normalized spacial score (nSPS) is 11.4. The Hall–Kier alpha value is -3.40. The first-order valence-electron chi connectivity index (χ1n) is 8.78. The number of benzene rings is 3. The number of hydrogen-bond donors (Lipinski definition) is 1. The molecule has 0 spiro atoms. The highest BCUT2D eigenvalue weighted by Gasteiger charge is 2.13. The van der Waals surface area contributed by atoms with Crippen molar-refractivity contribution < 1.29 is 0 Å². The summed E-state index contributed by atoms with van der Waals surface area (Å²) in [5.41, 5.74) is 5.48. The fourth-order valence-corrected chi connectivity index (χ4v) is 3.45. The molecule has 26 heavy (non-hydrogen) atoms. The van der Waals surface area contributed by atoms with Crippen LogP contribution < -0.4 is 0 Å². The first-order valence-corrected chi connectivity index (χ1v) is 8.78. The number of nitrogens with one attached hydrogen (secondary N) is 1. The average Bonchev–Trinajstić information content (AvgIpc) is 3.24. The fraction of sp³-hybridized carbons (Fsp3) is 0.0909. The molecule has 4 heteroatoms. The molecule has 0 aliphatic carbocycles. The zero-order valence-electron chi connectivity index (χ0n) is 14.3. The third kappa shape index (κ3) is 2.65. The van der Waals surface area contributed by atoms with Crippen molar-refractivity contribution in [3.8, 4) is 0 Å². The topological polar surface area (TPSA) is 46.5 Å². The minimum atomic E-state index is 0.678. The first-order chi connectivity index (χ1) is 12.9. The molecule has 0 atom stereocenters. The average molecular weight is 338 g/mol. The van der Waals surface area contributed by atoms with Gasteiger partial charge in [-0.25, -0.2) is 9.97 Å². The molecule has 0 aliphatic heterocycles. The number of hydrogen-bond acceptors (Lipinski definition) is 2. The highest BCUT2D eigenvalue weighted by atomic mass is 15.1. The molecule has 0 fully saturated rings. The Labute approximate surface area is 151 Å². The predicted molar refractivity (Wildman–Crippen MR) is 104 cm³/mol. The van der Waals surface area contributed by atoms with Crippen LogP contribution in [-0.2, 0) is 13.0 Å². The lowest BCUT2D eigenvalue weighted by atomic mass is 10.1. The second-order valence-corrected chi connectivity index (χ2v) is 6.47. The van der Waals surface area contributed by atoms with Crippen LogP contribution in [0.1, 0.15) is 17.2 Å². The molecule has 0 saturated heterocycles. The molecule has 2 heterocycles. The molecular formula is C22H18N4. The third-order valence-corrected chi connectivity index (χ3v) is 4.68. The van der Waals surface area contributed by atoms with Gasteiger partial charge in [0, 0.05) is 6.42 Å². The zero-order valence-corrected chi connectivity index (χ0v) is 14.3. The van der Waals surface area contributed by atoms with E-state index in [9.17, 15) is 0 Å². The Morgan fingerprint density at radius 2 is 1.46 bits per heavy atom. The lowest BCUT2D eigenvalue weighted by Gasteiger charge is -2.08. The SMILES string of the molecule is c1ccc(Cc2nc3ccccc3n2Cc2nc3ccccc3[nH]2)cc1. The van der Waals surface area contributed by atoms with E-state index in [0.29, 0.717) is 6.54 Å². The molecule has 3 aromatic carbocycles. The van der Waals surface area contributed by atoms with E-state index in [2.05, 4.69) is 58.1 Å². The van der Waals surface area contributed by atoms with E-state index in [4.69, 9.17) is 9.97 Å². The van der Waals surface area contributed by atoms with E-state index in [1.807, 2.05) is 30.3 Å². The number of para-hydroxylation sites is 4. The summed E-state index contributed by atoms with van der Waals surface area (Å²) in [5, 5.41) is 0. The van der Waals surface area contributed by atoms with Crippen LogP contribution in [0.4, 0.5) is 0 Å². The molecule has 2 aromatic heterocycles. The van der Waals surface area contributed by atoms with Crippen LogP contribution in [0.15, 0.2) is 78.9 Å². The highest BCUT2D eigenvalue weighted by molar-refractivity contribution is 5.77. The maximum atomic E-state index is 4.88. The molecule has 0 radical (unpaired) electrons.